The summed E-state index contributed by atoms with van der Waals surface area (Å²) in [6, 6.07) is 0.139. The molecule has 6 nitrogen and oxygen atoms in total. The lowest BCUT2D eigenvalue weighted by molar-refractivity contribution is -0.132. The normalized spacial score (nSPS) is 20.3. The molecular weight excluding hydrogens is 220 g/mol. The summed E-state index contributed by atoms with van der Waals surface area (Å²) in [6.45, 7) is 3.35. The number of hydrogen-bond acceptors (Lipinski definition) is 4. The largest absolute Gasteiger partial charge is 0.341 e. The van der Waals surface area contributed by atoms with E-state index in [9.17, 15) is 9.59 Å². The van der Waals surface area contributed by atoms with Crippen LogP contribution in [0.2, 0.25) is 0 Å². The van der Waals surface area contributed by atoms with E-state index in [1.54, 1.807) is 10.9 Å². The van der Waals surface area contributed by atoms with Crippen LogP contribution in [0.1, 0.15) is 42.7 Å². The molecule has 2 heterocycles. The second kappa shape index (κ2) is 5.07. The van der Waals surface area contributed by atoms with Crippen LogP contribution in [0.5, 0.6) is 0 Å². The summed E-state index contributed by atoms with van der Waals surface area (Å²) in [4.78, 5) is 24.0. The van der Waals surface area contributed by atoms with Gasteiger partial charge in [0.25, 0.3) is 0 Å². The number of piperidine rings is 1. The molecule has 0 N–H and O–H groups in total. The van der Waals surface area contributed by atoms with Crippen LogP contribution in [0.25, 0.3) is 0 Å². The molecule has 0 unspecified atom stereocenters. The van der Waals surface area contributed by atoms with Crippen molar-refractivity contribution in [3.05, 3.63) is 11.9 Å². The number of aromatic nitrogens is 3. The monoisotopic (exact) mass is 236 g/mol. The first-order valence-electron chi connectivity index (χ1n) is 5.89. The lowest BCUT2D eigenvalue weighted by Crippen LogP contribution is -2.40. The van der Waals surface area contributed by atoms with Crippen LogP contribution in [0, 0.1) is 0 Å². The first-order valence-corrected chi connectivity index (χ1v) is 5.89. The Morgan fingerprint density at radius 3 is 3.12 bits per heavy atom. The van der Waals surface area contributed by atoms with E-state index in [1.807, 2.05) is 11.8 Å². The molecule has 1 amide bonds. The predicted molar refractivity (Wildman–Crippen MR) is 60.6 cm³/mol. The van der Waals surface area contributed by atoms with Gasteiger partial charge in [-0.2, -0.15) is 0 Å². The van der Waals surface area contributed by atoms with E-state index >= 15 is 0 Å². The highest BCUT2D eigenvalue weighted by molar-refractivity contribution is 5.75. The molecule has 2 rings (SSSR count). The Hall–Kier alpha value is -1.72. The highest BCUT2D eigenvalue weighted by Crippen LogP contribution is 2.21. The Balaban J connectivity index is 2.06. The lowest BCUT2D eigenvalue weighted by atomic mass is 10.1. The molecule has 0 radical (unpaired) electrons. The second-order valence-electron chi connectivity index (χ2n) is 4.23. The van der Waals surface area contributed by atoms with Crippen LogP contribution >= 0.6 is 0 Å². The van der Waals surface area contributed by atoms with Crippen molar-refractivity contribution in [2.45, 2.75) is 32.2 Å². The molecule has 0 bridgehead atoms. The fourth-order valence-corrected chi connectivity index (χ4v) is 2.14. The van der Waals surface area contributed by atoms with Gasteiger partial charge in [0.1, 0.15) is 5.69 Å². The van der Waals surface area contributed by atoms with E-state index in [1.165, 1.54) is 0 Å². The van der Waals surface area contributed by atoms with Gasteiger partial charge in [0.15, 0.2) is 6.29 Å². The number of carbonyl (C=O) groups is 2. The minimum absolute atomic E-state index is 0.139. The molecule has 1 fully saturated rings. The molecule has 1 aliphatic heterocycles. The summed E-state index contributed by atoms with van der Waals surface area (Å²) >= 11 is 0. The first-order chi connectivity index (χ1) is 8.24. The van der Waals surface area contributed by atoms with Crippen LogP contribution < -0.4 is 0 Å². The van der Waals surface area contributed by atoms with Crippen molar-refractivity contribution in [3.8, 4) is 0 Å². The molecule has 1 aliphatic rings. The molecule has 1 aromatic rings. The first kappa shape index (κ1) is 11.8. The van der Waals surface area contributed by atoms with E-state index in [-0.39, 0.29) is 11.9 Å². The fourth-order valence-electron chi connectivity index (χ4n) is 2.14. The zero-order chi connectivity index (χ0) is 12.3. The summed E-state index contributed by atoms with van der Waals surface area (Å²) in [5.74, 6) is 0.172. The maximum Gasteiger partial charge on any atom is 0.222 e. The molecule has 0 spiro atoms. The van der Waals surface area contributed by atoms with Crippen molar-refractivity contribution >= 4 is 12.2 Å². The SMILES string of the molecule is CCC(=O)N1CCC[C@@H](n2cc(C=O)nn2)C1. The summed E-state index contributed by atoms with van der Waals surface area (Å²) in [5, 5.41) is 7.67. The Morgan fingerprint density at radius 2 is 2.47 bits per heavy atom. The summed E-state index contributed by atoms with van der Waals surface area (Å²) in [6.07, 6.45) is 4.78. The minimum atomic E-state index is 0.139. The van der Waals surface area contributed by atoms with Gasteiger partial charge in [0.05, 0.1) is 12.2 Å². The molecule has 6 heteroatoms. The Morgan fingerprint density at radius 1 is 1.65 bits per heavy atom. The molecule has 0 aliphatic carbocycles. The van der Waals surface area contributed by atoms with Gasteiger partial charge in [0.2, 0.25) is 5.91 Å². The molecule has 1 aromatic heterocycles. The Labute approximate surface area is 99.6 Å². The molecule has 1 saturated heterocycles. The van der Waals surface area contributed by atoms with Crippen molar-refractivity contribution in [1.29, 1.82) is 0 Å². The smallest absolute Gasteiger partial charge is 0.222 e. The van der Waals surface area contributed by atoms with E-state index in [2.05, 4.69) is 10.3 Å². The van der Waals surface area contributed by atoms with Crippen LogP contribution in [0.3, 0.4) is 0 Å². The molecule has 0 aromatic carbocycles. The number of nitrogens with zero attached hydrogens (tertiary/aromatic N) is 4. The second-order valence-corrected chi connectivity index (χ2v) is 4.23. The quantitative estimate of drug-likeness (QED) is 0.723. The number of carbonyl (C=O) groups excluding carboxylic acids is 2. The standard InChI is InChI=1S/C11H16N4O2/c1-2-11(17)14-5-3-4-10(7-14)15-6-9(8-16)12-13-15/h6,8,10H,2-5,7H2,1H3/t10-/m1/s1. The zero-order valence-electron chi connectivity index (χ0n) is 9.87. The summed E-state index contributed by atoms with van der Waals surface area (Å²) < 4.78 is 1.69. The third-order valence-corrected chi connectivity index (χ3v) is 3.07. The van der Waals surface area contributed by atoms with E-state index < -0.39 is 0 Å². The third-order valence-electron chi connectivity index (χ3n) is 3.07. The van der Waals surface area contributed by atoms with Gasteiger partial charge in [-0.15, -0.1) is 5.10 Å². The molecule has 92 valence electrons. The number of hydrogen-bond donors (Lipinski definition) is 0. The summed E-state index contributed by atoms with van der Waals surface area (Å²) in [5.41, 5.74) is 0.337. The van der Waals surface area contributed by atoms with Gasteiger partial charge in [0, 0.05) is 19.5 Å². The van der Waals surface area contributed by atoms with Crippen molar-refractivity contribution in [2.75, 3.05) is 13.1 Å². The Bertz CT molecular complexity index is 415. The minimum Gasteiger partial charge on any atom is -0.341 e. The predicted octanol–water partition coefficient (Wildman–Crippen LogP) is 0.664. The molecule has 1 atom stereocenters. The van der Waals surface area contributed by atoms with Crippen molar-refractivity contribution in [3.63, 3.8) is 0 Å². The topological polar surface area (TPSA) is 68.1 Å². The number of likely N-dealkylation sites (tertiary alicyclic amines) is 1. The van der Waals surface area contributed by atoms with E-state index in [0.29, 0.717) is 24.9 Å². The van der Waals surface area contributed by atoms with Crippen LogP contribution in [-0.2, 0) is 4.79 Å². The van der Waals surface area contributed by atoms with Crippen LogP contribution in [0.4, 0.5) is 0 Å². The molecule has 17 heavy (non-hydrogen) atoms. The van der Waals surface area contributed by atoms with Crippen LogP contribution in [0.15, 0.2) is 6.20 Å². The van der Waals surface area contributed by atoms with Crippen molar-refractivity contribution in [2.24, 2.45) is 0 Å². The van der Waals surface area contributed by atoms with E-state index in [4.69, 9.17) is 0 Å². The van der Waals surface area contributed by atoms with Crippen LogP contribution in [-0.4, -0.2) is 45.2 Å². The number of amides is 1. The highest BCUT2D eigenvalue weighted by atomic mass is 16.2. The van der Waals surface area contributed by atoms with Gasteiger partial charge < -0.3 is 4.90 Å². The average Bonchev–Trinajstić information content (AvgIpc) is 2.86. The van der Waals surface area contributed by atoms with Crippen molar-refractivity contribution < 1.29 is 9.59 Å². The maximum atomic E-state index is 11.6. The van der Waals surface area contributed by atoms with Gasteiger partial charge in [-0.1, -0.05) is 12.1 Å². The highest BCUT2D eigenvalue weighted by Gasteiger charge is 2.24. The van der Waals surface area contributed by atoms with Gasteiger partial charge in [-0.25, -0.2) is 4.68 Å². The number of aldehydes is 1. The number of rotatable bonds is 3. The molecule has 0 saturated carbocycles. The zero-order valence-corrected chi connectivity index (χ0v) is 9.87. The Kier molecular flexibility index (Phi) is 3.51. The average molecular weight is 236 g/mol. The lowest BCUT2D eigenvalue weighted by Gasteiger charge is -2.32. The molecular formula is C11H16N4O2. The maximum absolute atomic E-state index is 11.6. The van der Waals surface area contributed by atoms with Gasteiger partial charge >= 0.3 is 0 Å². The summed E-state index contributed by atoms with van der Waals surface area (Å²) in [7, 11) is 0. The van der Waals surface area contributed by atoms with Crippen molar-refractivity contribution in [1.82, 2.24) is 19.9 Å². The van der Waals surface area contributed by atoms with Gasteiger partial charge in [-0.05, 0) is 12.8 Å². The fraction of sp³-hybridized carbons (Fsp3) is 0.636. The van der Waals surface area contributed by atoms with E-state index in [0.717, 1.165) is 19.4 Å². The van der Waals surface area contributed by atoms with Gasteiger partial charge in [-0.3, -0.25) is 9.59 Å². The third kappa shape index (κ3) is 2.51.